The molecule has 1 heterocycles. The molecule has 168 valence electrons. The van der Waals surface area contributed by atoms with Crippen LogP contribution >= 0.6 is 0 Å². The Bertz CT molecular complexity index is 1280. The second-order valence-electron chi connectivity index (χ2n) is 6.15. The zero-order valence-electron chi connectivity index (χ0n) is 16.0. The molecule has 2 aromatic carbocycles. The lowest BCUT2D eigenvalue weighted by atomic mass is 10.1. The highest BCUT2D eigenvalue weighted by molar-refractivity contribution is 6.04. The normalized spacial score (nSPS) is 10.3. The summed E-state index contributed by atoms with van der Waals surface area (Å²) in [4.78, 5) is 53.1. The Labute approximate surface area is 181 Å². The van der Waals surface area contributed by atoms with E-state index in [0.717, 1.165) is 12.1 Å². The van der Waals surface area contributed by atoms with E-state index in [9.17, 15) is 45.3 Å². The highest BCUT2D eigenvalue weighted by Gasteiger charge is 2.31. The van der Waals surface area contributed by atoms with Gasteiger partial charge in [-0.25, -0.2) is 0 Å². The van der Waals surface area contributed by atoms with E-state index in [1.165, 1.54) is 24.3 Å². The Kier molecular flexibility index (Phi) is 5.91. The standard InChI is InChI=1S/C17H10N6O10/c24-17(14-5-6-15(33-14)23(31)32)19-11-4-2-1-3-10(11)18-16-12(21(27)28)7-9(20(25)26)8-13(16)22(29)30/h1-8,18H,(H,19,24). The summed E-state index contributed by atoms with van der Waals surface area (Å²) >= 11 is 0. The molecular weight excluding hydrogens is 448 g/mol. The van der Waals surface area contributed by atoms with E-state index in [2.05, 4.69) is 10.6 Å². The summed E-state index contributed by atoms with van der Waals surface area (Å²) in [5.41, 5.74) is -3.49. The predicted octanol–water partition coefficient (Wildman–Crippen LogP) is 3.91. The molecule has 0 radical (unpaired) electrons. The molecule has 33 heavy (non-hydrogen) atoms. The highest BCUT2D eigenvalue weighted by Crippen LogP contribution is 2.41. The van der Waals surface area contributed by atoms with Crippen molar-refractivity contribution in [3.63, 3.8) is 0 Å². The largest absolute Gasteiger partial charge is 0.433 e. The average molecular weight is 458 g/mol. The monoisotopic (exact) mass is 458 g/mol. The van der Waals surface area contributed by atoms with Crippen molar-refractivity contribution in [1.29, 1.82) is 0 Å². The van der Waals surface area contributed by atoms with Gasteiger partial charge < -0.3 is 15.1 Å². The van der Waals surface area contributed by atoms with Gasteiger partial charge in [-0.05, 0) is 18.2 Å². The molecule has 3 aromatic rings. The van der Waals surface area contributed by atoms with Gasteiger partial charge in [0.2, 0.25) is 0 Å². The number of carbonyl (C=O) groups excluding carboxylic acids is 1. The Morgan fingerprint density at radius 3 is 1.82 bits per heavy atom. The summed E-state index contributed by atoms with van der Waals surface area (Å²) in [6, 6.07) is 8.67. The molecule has 0 aliphatic rings. The number of rotatable bonds is 8. The zero-order valence-corrected chi connectivity index (χ0v) is 16.0. The predicted molar refractivity (Wildman–Crippen MR) is 109 cm³/mol. The fraction of sp³-hybridized carbons (Fsp3) is 0. The Balaban J connectivity index is 2.02. The zero-order chi connectivity index (χ0) is 24.3. The molecule has 16 nitrogen and oxygen atoms in total. The van der Waals surface area contributed by atoms with Crippen LogP contribution in [-0.4, -0.2) is 25.6 Å². The number of hydrogen-bond acceptors (Lipinski definition) is 11. The van der Waals surface area contributed by atoms with Crippen LogP contribution in [0.25, 0.3) is 0 Å². The Morgan fingerprint density at radius 1 is 0.758 bits per heavy atom. The van der Waals surface area contributed by atoms with Crippen LogP contribution in [0, 0.1) is 40.5 Å². The lowest BCUT2D eigenvalue weighted by Gasteiger charge is -2.13. The molecule has 3 rings (SSSR count). The van der Waals surface area contributed by atoms with Gasteiger partial charge in [-0.1, -0.05) is 12.1 Å². The Morgan fingerprint density at radius 2 is 1.33 bits per heavy atom. The third kappa shape index (κ3) is 4.68. The smallest absolute Gasteiger partial charge is 0.395 e. The van der Waals surface area contributed by atoms with Crippen molar-refractivity contribution in [2.75, 3.05) is 10.6 Å². The molecule has 0 saturated heterocycles. The molecule has 0 atom stereocenters. The SMILES string of the molecule is O=C(Nc1ccccc1Nc1c([N+](=O)[O-])cc([N+](=O)[O-])cc1[N+](=O)[O-])c1ccc([N+](=O)[O-])o1. The van der Waals surface area contributed by atoms with Crippen molar-refractivity contribution in [3.05, 3.63) is 94.7 Å². The third-order valence-corrected chi connectivity index (χ3v) is 4.12. The lowest BCUT2D eigenvalue weighted by molar-refractivity contribution is -0.402. The molecule has 2 N–H and O–H groups in total. The fourth-order valence-electron chi connectivity index (χ4n) is 2.69. The number of nitrogens with zero attached hydrogens (tertiary/aromatic N) is 4. The van der Waals surface area contributed by atoms with E-state index >= 15 is 0 Å². The van der Waals surface area contributed by atoms with E-state index in [1.54, 1.807) is 0 Å². The lowest BCUT2D eigenvalue weighted by Crippen LogP contribution is -2.12. The molecule has 0 spiro atoms. The number of nitro groups is 4. The molecule has 0 saturated carbocycles. The minimum Gasteiger partial charge on any atom is -0.395 e. The summed E-state index contributed by atoms with van der Waals surface area (Å²) in [5, 5.41) is 49.4. The van der Waals surface area contributed by atoms with Crippen molar-refractivity contribution in [2.45, 2.75) is 0 Å². The second kappa shape index (κ2) is 8.76. The van der Waals surface area contributed by atoms with Crippen molar-refractivity contribution in [2.24, 2.45) is 0 Å². The molecular formula is C17H10N6O10. The quantitative estimate of drug-likeness (QED) is 0.363. The number of amides is 1. The molecule has 0 aliphatic carbocycles. The van der Waals surface area contributed by atoms with E-state index in [0.29, 0.717) is 12.1 Å². The van der Waals surface area contributed by atoms with Crippen molar-refractivity contribution >= 4 is 45.9 Å². The third-order valence-electron chi connectivity index (χ3n) is 4.12. The van der Waals surface area contributed by atoms with Crippen LogP contribution in [-0.2, 0) is 0 Å². The summed E-state index contributed by atoms with van der Waals surface area (Å²) in [6.45, 7) is 0. The molecule has 0 aliphatic heterocycles. The first-order valence-corrected chi connectivity index (χ1v) is 8.61. The molecule has 0 fully saturated rings. The number of benzene rings is 2. The van der Waals surface area contributed by atoms with Gasteiger partial charge in [-0.3, -0.25) is 45.3 Å². The van der Waals surface area contributed by atoms with Crippen LogP contribution in [0.15, 0.2) is 52.9 Å². The van der Waals surface area contributed by atoms with E-state index in [1.807, 2.05) is 0 Å². The summed E-state index contributed by atoms with van der Waals surface area (Å²) in [6.07, 6.45) is 0. The number of para-hydroxylation sites is 2. The fourth-order valence-corrected chi connectivity index (χ4v) is 2.69. The number of non-ortho nitro benzene ring substituents is 1. The van der Waals surface area contributed by atoms with Gasteiger partial charge in [0.05, 0.1) is 44.3 Å². The number of carbonyl (C=O) groups is 1. The first-order chi connectivity index (χ1) is 15.6. The summed E-state index contributed by atoms with van der Waals surface area (Å²) < 4.78 is 4.80. The van der Waals surface area contributed by atoms with Crippen molar-refractivity contribution < 1.29 is 28.9 Å². The molecule has 1 aromatic heterocycles. The maximum Gasteiger partial charge on any atom is 0.433 e. The molecule has 16 heteroatoms. The van der Waals surface area contributed by atoms with Gasteiger partial charge in [0, 0.05) is 0 Å². The molecule has 0 bridgehead atoms. The maximum atomic E-state index is 12.4. The minimum absolute atomic E-state index is 0.0245. The number of furan rings is 1. The van der Waals surface area contributed by atoms with E-state index in [-0.39, 0.29) is 11.4 Å². The topological polar surface area (TPSA) is 227 Å². The van der Waals surface area contributed by atoms with Crippen molar-refractivity contribution in [1.82, 2.24) is 0 Å². The van der Waals surface area contributed by atoms with Gasteiger partial charge >= 0.3 is 17.3 Å². The van der Waals surface area contributed by atoms with Crippen LogP contribution in [0.3, 0.4) is 0 Å². The number of nitro benzene ring substituents is 3. The van der Waals surface area contributed by atoms with Crippen LogP contribution in [0.2, 0.25) is 0 Å². The Hall–Kier alpha value is -5.41. The van der Waals surface area contributed by atoms with Crippen LogP contribution in [0.5, 0.6) is 0 Å². The van der Waals surface area contributed by atoms with E-state index in [4.69, 9.17) is 4.42 Å². The van der Waals surface area contributed by atoms with Gasteiger partial charge in [0.25, 0.3) is 11.6 Å². The summed E-state index contributed by atoms with van der Waals surface area (Å²) in [5.74, 6) is -2.00. The average Bonchev–Trinajstić information content (AvgIpc) is 3.25. The first-order valence-electron chi connectivity index (χ1n) is 8.61. The van der Waals surface area contributed by atoms with Crippen molar-refractivity contribution in [3.8, 4) is 0 Å². The van der Waals surface area contributed by atoms with Gasteiger partial charge in [-0.15, -0.1) is 0 Å². The number of hydrogen-bond donors (Lipinski definition) is 2. The maximum absolute atomic E-state index is 12.4. The van der Waals surface area contributed by atoms with Gasteiger partial charge in [-0.2, -0.15) is 0 Å². The van der Waals surface area contributed by atoms with Gasteiger partial charge in [0.1, 0.15) is 4.92 Å². The van der Waals surface area contributed by atoms with Gasteiger partial charge in [0.15, 0.2) is 11.4 Å². The number of anilines is 3. The van der Waals surface area contributed by atoms with Crippen LogP contribution < -0.4 is 10.6 Å². The first kappa shape index (κ1) is 22.3. The second-order valence-corrected chi connectivity index (χ2v) is 6.15. The molecule has 1 amide bonds. The van der Waals surface area contributed by atoms with Crippen LogP contribution in [0.1, 0.15) is 10.6 Å². The molecule has 0 unspecified atom stereocenters. The highest BCUT2D eigenvalue weighted by atomic mass is 16.7. The van der Waals surface area contributed by atoms with E-state index < -0.39 is 60.0 Å². The summed E-state index contributed by atoms with van der Waals surface area (Å²) in [7, 11) is 0. The minimum atomic E-state index is -1.04. The van der Waals surface area contributed by atoms with Crippen LogP contribution in [0.4, 0.5) is 40.0 Å². The number of nitrogens with one attached hydrogen (secondary N) is 2.